The molecule has 1 amide bonds. The zero-order chi connectivity index (χ0) is 17.3. The molecule has 0 saturated carbocycles. The second kappa shape index (κ2) is 9.93. The first-order valence-electron chi connectivity index (χ1n) is 10.1. The fourth-order valence-electron chi connectivity index (χ4n) is 3.93. The van der Waals surface area contributed by atoms with Gasteiger partial charge in [0.15, 0.2) is 0 Å². The van der Waals surface area contributed by atoms with E-state index in [0.717, 1.165) is 31.6 Å². The quantitative estimate of drug-likeness (QED) is 0.772. The summed E-state index contributed by atoms with van der Waals surface area (Å²) in [6, 6.07) is 8.16. The van der Waals surface area contributed by atoms with Gasteiger partial charge in [-0.1, -0.05) is 25.0 Å². The van der Waals surface area contributed by atoms with E-state index in [0.29, 0.717) is 0 Å². The van der Waals surface area contributed by atoms with Crippen LogP contribution in [0.2, 0.25) is 0 Å². The fraction of sp³-hybridized carbons (Fsp3) is 0.667. The Morgan fingerprint density at radius 1 is 0.840 bits per heavy atom. The molecule has 2 aliphatic heterocycles. The largest absolute Gasteiger partial charge is 0.352 e. The molecule has 2 aliphatic rings. The smallest absolute Gasteiger partial charge is 0.251 e. The topological polar surface area (TPSA) is 35.6 Å². The molecule has 25 heavy (non-hydrogen) atoms. The third-order valence-electron chi connectivity index (χ3n) is 5.46. The number of likely N-dealkylation sites (tertiary alicyclic amines) is 2. The summed E-state index contributed by atoms with van der Waals surface area (Å²) in [5, 5.41) is 3.06. The maximum absolute atomic E-state index is 12.3. The highest BCUT2D eigenvalue weighted by molar-refractivity contribution is 5.94. The number of hydrogen-bond acceptors (Lipinski definition) is 3. The summed E-state index contributed by atoms with van der Waals surface area (Å²) in [6.07, 6.45) is 9.08. The average molecular weight is 344 g/mol. The summed E-state index contributed by atoms with van der Waals surface area (Å²) in [7, 11) is 0. The summed E-state index contributed by atoms with van der Waals surface area (Å²) in [5.41, 5.74) is 2.09. The molecule has 1 aromatic carbocycles. The normalized spacial score (nSPS) is 19.7. The first kappa shape index (κ1) is 18.4. The van der Waals surface area contributed by atoms with Gasteiger partial charge in [0, 0.05) is 18.7 Å². The van der Waals surface area contributed by atoms with E-state index >= 15 is 0 Å². The Balaban J connectivity index is 1.36. The maximum atomic E-state index is 12.3. The molecule has 4 heteroatoms. The van der Waals surface area contributed by atoms with Gasteiger partial charge in [0.25, 0.3) is 5.91 Å². The Morgan fingerprint density at radius 3 is 2.08 bits per heavy atom. The average Bonchev–Trinajstić information content (AvgIpc) is 2.67. The van der Waals surface area contributed by atoms with E-state index in [1.807, 2.05) is 12.1 Å². The van der Waals surface area contributed by atoms with Gasteiger partial charge in [0.2, 0.25) is 0 Å². The van der Waals surface area contributed by atoms with Crippen molar-refractivity contribution in [2.75, 3.05) is 39.3 Å². The van der Waals surface area contributed by atoms with Crippen LogP contribution in [0.25, 0.3) is 0 Å². The van der Waals surface area contributed by atoms with Gasteiger partial charge in [0.05, 0.1) is 0 Å². The highest BCUT2D eigenvalue weighted by atomic mass is 16.1. The Bertz CT molecular complexity index is 516. The van der Waals surface area contributed by atoms with Gasteiger partial charge >= 0.3 is 0 Å². The molecule has 0 aromatic heterocycles. The van der Waals surface area contributed by atoms with E-state index in [9.17, 15) is 4.79 Å². The SMILES string of the molecule is O=C(NCCCN1CCCCC1)c1ccc(CN2CCCCC2)cc1. The lowest BCUT2D eigenvalue weighted by Gasteiger charge is -2.26. The Morgan fingerprint density at radius 2 is 1.44 bits per heavy atom. The third kappa shape index (κ3) is 6.12. The molecule has 1 aromatic rings. The first-order chi connectivity index (χ1) is 12.3. The highest BCUT2D eigenvalue weighted by Gasteiger charge is 2.12. The van der Waals surface area contributed by atoms with Gasteiger partial charge in [-0.15, -0.1) is 0 Å². The lowest BCUT2D eigenvalue weighted by atomic mass is 10.1. The van der Waals surface area contributed by atoms with Crippen LogP contribution < -0.4 is 5.32 Å². The summed E-state index contributed by atoms with van der Waals surface area (Å²) in [6.45, 7) is 7.76. The maximum Gasteiger partial charge on any atom is 0.251 e. The molecule has 4 nitrogen and oxygen atoms in total. The molecule has 0 aliphatic carbocycles. The van der Waals surface area contributed by atoms with Crippen LogP contribution in [-0.4, -0.2) is 55.0 Å². The second-order valence-corrected chi connectivity index (χ2v) is 7.55. The van der Waals surface area contributed by atoms with Crippen LogP contribution in [0.1, 0.15) is 60.9 Å². The van der Waals surface area contributed by atoms with E-state index in [4.69, 9.17) is 0 Å². The van der Waals surface area contributed by atoms with Crippen molar-refractivity contribution in [1.29, 1.82) is 0 Å². The number of benzene rings is 1. The summed E-state index contributed by atoms with van der Waals surface area (Å²) >= 11 is 0. The number of carbonyl (C=O) groups excluding carboxylic acids is 1. The second-order valence-electron chi connectivity index (χ2n) is 7.55. The predicted molar refractivity (Wildman–Crippen MR) is 103 cm³/mol. The van der Waals surface area contributed by atoms with Gasteiger partial charge in [-0.2, -0.15) is 0 Å². The zero-order valence-corrected chi connectivity index (χ0v) is 15.5. The zero-order valence-electron chi connectivity index (χ0n) is 15.5. The van der Waals surface area contributed by atoms with Gasteiger partial charge in [-0.3, -0.25) is 9.69 Å². The number of hydrogen-bond donors (Lipinski definition) is 1. The number of amides is 1. The van der Waals surface area contributed by atoms with Crippen LogP contribution >= 0.6 is 0 Å². The number of carbonyl (C=O) groups is 1. The molecule has 138 valence electrons. The van der Waals surface area contributed by atoms with Gasteiger partial charge < -0.3 is 10.2 Å². The van der Waals surface area contributed by atoms with Crippen LogP contribution in [-0.2, 0) is 6.54 Å². The lowest BCUT2D eigenvalue weighted by Crippen LogP contribution is -2.33. The summed E-state index contributed by atoms with van der Waals surface area (Å²) in [4.78, 5) is 17.3. The minimum Gasteiger partial charge on any atom is -0.352 e. The standard InChI is InChI=1S/C21H33N3O/c25-21(22-12-7-17-23-13-3-1-4-14-23)20-10-8-19(9-11-20)18-24-15-5-2-6-16-24/h8-11H,1-7,12-18H2,(H,22,25). The van der Waals surface area contributed by atoms with Gasteiger partial charge in [-0.25, -0.2) is 0 Å². The molecule has 2 saturated heterocycles. The van der Waals surface area contributed by atoms with Crippen LogP contribution in [0.3, 0.4) is 0 Å². The van der Waals surface area contributed by atoms with Crippen molar-refractivity contribution in [2.24, 2.45) is 0 Å². The number of rotatable bonds is 7. The third-order valence-corrected chi connectivity index (χ3v) is 5.46. The monoisotopic (exact) mass is 343 g/mol. The van der Waals surface area contributed by atoms with Crippen molar-refractivity contribution >= 4 is 5.91 Å². The van der Waals surface area contributed by atoms with Gasteiger partial charge in [-0.05, 0) is 82.5 Å². The van der Waals surface area contributed by atoms with E-state index in [1.54, 1.807) is 0 Å². The van der Waals surface area contributed by atoms with Crippen LogP contribution in [0.4, 0.5) is 0 Å². The van der Waals surface area contributed by atoms with E-state index in [1.165, 1.54) is 70.3 Å². The van der Waals surface area contributed by atoms with Crippen LogP contribution in [0, 0.1) is 0 Å². The molecule has 2 heterocycles. The lowest BCUT2D eigenvalue weighted by molar-refractivity contribution is 0.0951. The number of nitrogens with zero attached hydrogens (tertiary/aromatic N) is 2. The van der Waals surface area contributed by atoms with Crippen molar-refractivity contribution in [3.05, 3.63) is 35.4 Å². The fourth-order valence-corrected chi connectivity index (χ4v) is 3.93. The number of piperidine rings is 2. The first-order valence-corrected chi connectivity index (χ1v) is 10.1. The molecule has 2 fully saturated rings. The molecule has 1 N–H and O–H groups in total. The molecule has 3 rings (SSSR count). The Labute approximate surface area is 152 Å². The van der Waals surface area contributed by atoms with E-state index < -0.39 is 0 Å². The van der Waals surface area contributed by atoms with Crippen molar-refractivity contribution in [2.45, 2.75) is 51.5 Å². The van der Waals surface area contributed by atoms with Crippen LogP contribution in [0.15, 0.2) is 24.3 Å². The van der Waals surface area contributed by atoms with Crippen molar-refractivity contribution in [1.82, 2.24) is 15.1 Å². The van der Waals surface area contributed by atoms with E-state index in [-0.39, 0.29) is 5.91 Å². The van der Waals surface area contributed by atoms with Crippen molar-refractivity contribution in [3.63, 3.8) is 0 Å². The minimum atomic E-state index is 0.0585. The molecule has 0 spiro atoms. The van der Waals surface area contributed by atoms with Crippen LogP contribution in [0.5, 0.6) is 0 Å². The molecule has 0 atom stereocenters. The molecular weight excluding hydrogens is 310 g/mol. The molecular formula is C21H33N3O. The number of nitrogens with one attached hydrogen (secondary N) is 1. The highest BCUT2D eigenvalue weighted by Crippen LogP contribution is 2.14. The van der Waals surface area contributed by atoms with Crippen molar-refractivity contribution < 1.29 is 4.79 Å². The Kier molecular flexibility index (Phi) is 7.31. The summed E-state index contributed by atoms with van der Waals surface area (Å²) < 4.78 is 0. The summed E-state index contributed by atoms with van der Waals surface area (Å²) in [5.74, 6) is 0.0585. The van der Waals surface area contributed by atoms with E-state index in [2.05, 4.69) is 27.2 Å². The Hall–Kier alpha value is -1.39. The molecule has 0 bridgehead atoms. The molecule has 0 radical (unpaired) electrons. The minimum absolute atomic E-state index is 0.0585. The van der Waals surface area contributed by atoms with Gasteiger partial charge in [0.1, 0.15) is 0 Å². The molecule has 0 unspecified atom stereocenters. The van der Waals surface area contributed by atoms with Crippen molar-refractivity contribution in [3.8, 4) is 0 Å². The predicted octanol–water partition coefficient (Wildman–Crippen LogP) is 3.28.